The predicted molar refractivity (Wildman–Crippen MR) is 121 cm³/mol. The average Bonchev–Trinajstić information content (AvgIpc) is 3.15. The number of aromatic hydroxyl groups is 2. The minimum atomic E-state index is -0.390. The molecule has 31 heavy (non-hydrogen) atoms. The van der Waals surface area contributed by atoms with E-state index < -0.39 is 0 Å². The number of amides is 2. The number of anilines is 1. The zero-order valence-electron chi connectivity index (χ0n) is 18.0. The molecular formula is C23H26ClN3O4. The lowest BCUT2D eigenvalue weighted by Gasteiger charge is -2.20. The first-order chi connectivity index (χ1) is 14.6. The van der Waals surface area contributed by atoms with Gasteiger partial charge in [-0.15, -0.1) is 0 Å². The highest BCUT2D eigenvalue weighted by atomic mass is 35.5. The van der Waals surface area contributed by atoms with Gasteiger partial charge in [0.1, 0.15) is 11.5 Å². The highest BCUT2D eigenvalue weighted by Gasteiger charge is 2.31. The van der Waals surface area contributed by atoms with Crippen molar-refractivity contribution in [2.45, 2.75) is 20.0 Å². The zero-order valence-corrected chi connectivity index (χ0v) is 18.8. The monoisotopic (exact) mass is 443 g/mol. The standard InChI is InChI=1S/C23H26ClN3O4/c1-14-21(18(28)11-19(29)22(14)24)23(31)27-12-15-7-5-8-17(16(15)13-27)26(4)20(30)9-6-10-25(2)3/h5-9,11,28-29H,10,12-13H2,1-4H3/b9-6+. The highest BCUT2D eigenvalue weighted by Crippen LogP contribution is 2.38. The predicted octanol–water partition coefficient (Wildman–Crippen LogP) is 3.30. The molecule has 1 aliphatic rings. The van der Waals surface area contributed by atoms with Gasteiger partial charge < -0.3 is 24.9 Å². The molecule has 2 aromatic rings. The van der Waals surface area contributed by atoms with Crippen LogP contribution in [0.15, 0.2) is 36.4 Å². The second kappa shape index (κ2) is 8.99. The molecular weight excluding hydrogens is 418 g/mol. The SMILES string of the molecule is Cc1c(Cl)c(O)cc(O)c1C(=O)N1Cc2cccc(N(C)C(=O)/C=C/CN(C)C)c2C1. The van der Waals surface area contributed by atoms with Crippen LogP contribution in [0.5, 0.6) is 11.5 Å². The number of nitrogens with zero attached hydrogens (tertiary/aromatic N) is 3. The smallest absolute Gasteiger partial charge is 0.258 e. The largest absolute Gasteiger partial charge is 0.507 e. The minimum absolute atomic E-state index is 0.0355. The third-order valence-electron chi connectivity index (χ3n) is 5.34. The Morgan fingerprint density at radius 3 is 2.55 bits per heavy atom. The number of phenolic OH excluding ortho intramolecular Hbond substituents is 2. The first-order valence-corrected chi connectivity index (χ1v) is 10.2. The number of halogens is 1. The molecule has 7 nitrogen and oxygen atoms in total. The maximum atomic E-state index is 13.2. The van der Waals surface area contributed by atoms with Gasteiger partial charge in [-0.1, -0.05) is 29.8 Å². The molecule has 0 aromatic heterocycles. The molecule has 0 saturated carbocycles. The van der Waals surface area contributed by atoms with Crippen LogP contribution < -0.4 is 4.90 Å². The van der Waals surface area contributed by atoms with Gasteiger partial charge >= 0.3 is 0 Å². The topological polar surface area (TPSA) is 84.3 Å². The molecule has 1 aliphatic heterocycles. The van der Waals surface area contributed by atoms with Crippen molar-refractivity contribution in [1.82, 2.24) is 9.80 Å². The molecule has 164 valence electrons. The maximum absolute atomic E-state index is 13.2. The number of carbonyl (C=O) groups is 2. The van der Waals surface area contributed by atoms with Crippen LogP contribution in [0.4, 0.5) is 5.69 Å². The summed E-state index contributed by atoms with van der Waals surface area (Å²) in [5.74, 6) is -1.14. The molecule has 3 rings (SSSR count). The Bertz CT molecular complexity index is 1070. The van der Waals surface area contributed by atoms with E-state index in [4.69, 9.17) is 11.6 Å². The molecule has 1 heterocycles. The Morgan fingerprint density at radius 1 is 1.16 bits per heavy atom. The van der Waals surface area contributed by atoms with Crippen molar-refractivity contribution in [1.29, 1.82) is 0 Å². The van der Waals surface area contributed by atoms with Gasteiger partial charge in [-0.05, 0) is 38.2 Å². The fourth-order valence-corrected chi connectivity index (χ4v) is 3.79. The second-order valence-electron chi connectivity index (χ2n) is 7.87. The maximum Gasteiger partial charge on any atom is 0.258 e. The summed E-state index contributed by atoms with van der Waals surface area (Å²) in [5.41, 5.74) is 2.93. The van der Waals surface area contributed by atoms with Gasteiger partial charge in [-0.25, -0.2) is 0 Å². The highest BCUT2D eigenvalue weighted by molar-refractivity contribution is 6.33. The van der Waals surface area contributed by atoms with E-state index >= 15 is 0 Å². The van der Waals surface area contributed by atoms with Crippen LogP contribution in [-0.2, 0) is 17.9 Å². The third-order valence-corrected chi connectivity index (χ3v) is 5.82. The molecule has 0 atom stereocenters. The van der Waals surface area contributed by atoms with Gasteiger partial charge in [0.15, 0.2) is 0 Å². The van der Waals surface area contributed by atoms with Crippen LogP contribution in [0, 0.1) is 6.92 Å². The summed E-state index contributed by atoms with van der Waals surface area (Å²) < 4.78 is 0. The van der Waals surface area contributed by atoms with Crippen LogP contribution in [0.1, 0.15) is 27.0 Å². The van der Waals surface area contributed by atoms with Crippen molar-refractivity contribution in [2.75, 3.05) is 32.6 Å². The van der Waals surface area contributed by atoms with E-state index in [0.717, 1.165) is 22.9 Å². The number of hydrogen-bond donors (Lipinski definition) is 2. The van der Waals surface area contributed by atoms with Gasteiger partial charge in [0, 0.05) is 50.1 Å². The van der Waals surface area contributed by atoms with E-state index in [1.165, 1.54) is 6.08 Å². The summed E-state index contributed by atoms with van der Waals surface area (Å²) in [4.78, 5) is 30.9. The Hall–Kier alpha value is -3.03. The molecule has 2 aromatic carbocycles. The van der Waals surface area contributed by atoms with E-state index in [-0.39, 0.29) is 33.9 Å². The fraction of sp³-hybridized carbons (Fsp3) is 0.304. The van der Waals surface area contributed by atoms with E-state index in [1.807, 2.05) is 37.2 Å². The summed E-state index contributed by atoms with van der Waals surface area (Å²) in [6, 6.07) is 6.70. The second-order valence-corrected chi connectivity index (χ2v) is 8.24. The number of fused-ring (bicyclic) bond motifs is 1. The van der Waals surface area contributed by atoms with Gasteiger partial charge in [-0.3, -0.25) is 9.59 Å². The lowest BCUT2D eigenvalue weighted by Crippen LogP contribution is -2.27. The molecule has 0 saturated heterocycles. The number of rotatable bonds is 5. The molecule has 0 aliphatic carbocycles. The lowest BCUT2D eigenvalue weighted by atomic mass is 10.1. The molecule has 0 fully saturated rings. The van der Waals surface area contributed by atoms with Gasteiger partial charge in [-0.2, -0.15) is 0 Å². The Balaban J connectivity index is 1.86. The van der Waals surface area contributed by atoms with Crippen molar-refractivity contribution in [2.24, 2.45) is 0 Å². The molecule has 2 amide bonds. The van der Waals surface area contributed by atoms with Crippen molar-refractivity contribution in [3.8, 4) is 11.5 Å². The normalized spacial score (nSPS) is 13.2. The zero-order chi connectivity index (χ0) is 22.9. The third kappa shape index (κ3) is 4.52. The first-order valence-electron chi connectivity index (χ1n) is 9.81. The van der Waals surface area contributed by atoms with E-state index in [1.54, 1.807) is 29.8 Å². The number of carbonyl (C=O) groups excluding carboxylic acids is 2. The summed E-state index contributed by atoms with van der Waals surface area (Å²) in [7, 11) is 5.56. The summed E-state index contributed by atoms with van der Waals surface area (Å²) >= 11 is 6.07. The van der Waals surface area contributed by atoms with Crippen LogP contribution in [-0.4, -0.2) is 59.5 Å². The molecule has 8 heteroatoms. The van der Waals surface area contributed by atoms with Crippen molar-refractivity contribution in [3.63, 3.8) is 0 Å². The quantitative estimate of drug-likeness (QED) is 0.693. The van der Waals surface area contributed by atoms with E-state index in [0.29, 0.717) is 25.2 Å². The van der Waals surface area contributed by atoms with Crippen LogP contribution in [0.2, 0.25) is 5.02 Å². The Morgan fingerprint density at radius 2 is 1.87 bits per heavy atom. The molecule has 0 bridgehead atoms. The van der Waals surface area contributed by atoms with Gasteiger partial charge in [0.25, 0.3) is 5.91 Å². The summed E-state index contributed by atoms with van der Waals surface area (Å²) in [5, 5.41) is 20.1. The summed E-state index contributed by atoms with van der Waals surface area (Å²) in [6.07, 6.45) is 3.34. The van der Waals surface area contributed by atoms with Crippen molar-refractivity contribution in [3.05, 3.63) is 63.7 Å². The molecule has 0 unspecified atom stereocenters. The lowest BCUT2D eigenvalue weighted by molar-refractivity contribution is -0.113. The minimum Gasteiger partial charge on any atom is -0.507 e. The van der Waals surface area contributed by atoms with Crippen LogP contribution in [0.25, 0.3) is 0 Å². The Labute approximate surface area is 186 Å². The fourth-order valence-electron chi connectivity index (χ4n) is 3.64. The van der Waals surface area contributed by atoms with E-state index in [9.17, 15) is 19.8 Å². The number of phenols is 2. The molecule has 0 radical (unpaired) electrons. The van der Waals surface area contributed by atoms with Crippen LogP contribution >= 0.6 is 11.6 Å². The van der Waals surface area contributed by atoms with Gasteiger partial charge in [0.2, 0.25) is 5.91 Å². The number of likely N-dealkylation sites (N-methyl/N-ethyl adjacent to an activating group) is 2. The van der Waals surface area contributed by atoms with Gasteiger partial charge in [0.05, 0.1) is 10.6 Å². The van der Waals surface area contributed by atoms with Crippen molar-refractivity contribution < 1.29 is 19.8 Å². The van der Waals surface area contributed by atoms with E-state index in [2.05, 4.69) is 0 Å². The average molecular weight is 444 g/mol. The molecule has 2 N–H and O–H groups in total. The van der Waals surface area contributed by atoms with Crippen LogP contribution in [0.3, 0.4) is 0 Å². The number of hydrogen-bond acceptors (Lipinski definition) is 5. The Kier molecular flexibility index (Phi) is 6.57. The van der Waals surface area contributed by atoms with Crippen molar-refractivity contribution >= 4 is 29.1 Å². The molecule has 0 spiro atoms. The first kappa shape index (κ1) is 22.7. The summed E-state index contributed by atoms with van der Waals surface area (Å²) in [6.45, 7) is 2.88. The number of benzene rings is 2.